The minimum Gasteiger partial charge on any atom is -0.393 e. The summed E-state index contributed by atoms with van der Waals surface area (Å²) >= 11 is 0. The number of rotatable bonds is 9. The van der Waals surface area contributed by atoms with Crippen molar-refractivity contribution in [2.45, 2.75) is 32.6 Å². The van der Waals surface area contributed by atoms with Gasteiger partial charge in [-0.25, -0.2) is 9.97 Å². The molecule has 0 aliphatic rings. The number of hydrazine groups is 1. The van der Waals surface area contributed by atoms with Crippen LogP contribution in [0.5, 0.6) is 0 Å². The molecule has 1 heterocycles. The summed E-state index contributed by atoms with van der Waals surface area (Å²) in [4.78, 5) is 20.4. The summed E-state index contributed by atoms with van der Waals surface area (Å²) in [6.07, 6.45) is 5.07. The van der Waals surface area contributed by atoms with Gasteiger partial charge in [-0.1, -0.05) is 55.8 Å². The van der Waals surface area contributed by atoms with Gasteiger partial charge in [0, 0.05) is 5.69 Å². The number of nitrogen functional groups attached to an aromatic ring is 1. The van der Waals surface area contributed by atoms with E-state index in [0.29, 0.717) is 17.3 Å². The molecule has 0 saturated carbocycles. The van der Waals surface area contributed by atoms with Crippen LogP contribution in [0.3, 0.4) is 0 Å². The van der Waals surface area contributed by atoms with Crippen molar-refractivity contribution in [3.05, 3.63) is 72.1 Å². The molecule has 3 aromatic rings. The molecular weight excluding hydrogens is 364 g/mol. The smallest absolute Gasteiger partial charge is 0.242 e. The molecule has 0 unspecified atom stereocenters. The minimum absolute atomic E-state index is 0.189. The van der Waals surface area contributed by atoms with Crippen LogP contribution >= 0.6 is 0 Å². The van der Waals surface area contributed by atoms with Crippen molar-refractivity contribution in [3.63, 3.8) is 0 Å². The lowest BCUT2D eigenvalue weighted by atomic mass is 10.1. The highest BCUT2D eigenvalue weighted by atomic mass is 16.2. The van der Waals surface area contributed by atoms with Gasteiger partial charge in [0.25, 0.3) is 0 Å². The van der Waals surface area contributed by atoms with Crippen molar-refractivity contribution in [2.75, 3.05) is 16.5 Å². The van der Waals surface area contributed by atoms with Crippen molar-refractivity contribution >= 4 is 28.9 Å². The van der Waals surface area contributed by atoms with Gasteiger partial charge in [-0.15, -0.1) is 0 Å². The number of nitrogens with zero attached hydrogens (tertiary/aromatic N) is 2. The van der Waals surface area contributed by atoms with Gasteiger partial charge in [-0.2, -0.15) is 0 Å². The molecule has 7 heteroatoms. The van der Waals surface area contributed by atoms with Gasteiger partial charge < -0.3 is 11.1 Å². The van der Waals surface area contributed by atoms with E-state index in [1.165, 1.54) is 24.7 Å². The summed E-state index contributed by atoms with van der Waals surface area (Å²) < 4.78 is 0. The summed E-state index contributed by atoms with van der Waals surface area (Å²) in [5.74, 6) is 0.621. The Morgan fingerprint density at radius 2 is 1.69 bits per heavy atom. The molecule has 0 bridgehead atoms. The molecule has 150 valence electrons. The van der Waals surface area contributed by atoms with Crippen LogP contribution in [0.2, 0.25) is 0 Å². The van der Waals surface area contributed by atoms with Crippen LogP contribution in [-0.2, 0) is 17.6 Å². The van der Waals surface area contributed by atoms with Crippen LogP contribution in [0.4, 0.5) is 23.0 Å². The van der Waals surface area contributed by atoms with Gasteiger partial charge in [0.2, 0.25) is 5.91 Å². The number of amides is 1. The number of unbranched alkanes of at least 4 members (excludes halogenated alkanes) is 1. The molecule has 1 aromatic heterocycles. The van der Waals surface area contributed by atoms with Crippen LogP contribution in [0, 0.1) is 0 Å². The molecule has 2 aromatic carbocycles. The Labute approximate surface area is 170 Å². The third-order valence-corrected chi connectivity index (χ3v) is 4.45. The number of carbonyl (C=O) groups is 1. The second kappa shape index (κ2) is 10.1. The molecule has 0 radical (unpaired) electrons. The lowest BCUT2D eigenvalue weighted by Crippen LogP contribution is -2.31. The standard InChI is InChI=1S/C22H26N6O/c1-2-3-7-16-10-12-18(13-11-16)26-21-20(23)22(25-15-24-21)28-27-19(29)14-17-8-5-4-6-9-17/h4-6,8-13,15H,2-3,7,14,23H2,1H3,(H,27,29)(H2,24,25,26,28). The Bertz CT molecular complexity index is 928. The molecular formula is C22H26N6O. The van der Waals surface area contributed by atoms with Crippen molar-refractivity contribution in [3.8, 4) is 0 Å². The van der Waals surface area contributed by atoms with Gasteiger partial charge in [0.15, 0.2) is 11.6 Å². The SMILES string of the molecule is CCCCc1ccc(Nc2ncnc(NNC(=O)Cc3ccccc3)c2N)cc1. The van der Waals surface area contributed by atoms with Crippen LogP contribution in [0.1, 0.15) is 30.9 Å². The van der Waals surface area contributed by atoms with Crippen LogP contribution < -0.4 is 21.9 Å². The molecule has 0 atom stereocenters. The molecule has 3 rings (SSSR count). The molecule has 0 fully saturated rings. The highest BCUT2D eigenvalue weighted by molar-refractivity contribution is 5.82. The fourth-order valence-corrected chi connectivity index (χ4v) is 2.82. The van der Waals surface area contributed by atoms with Crippen LogP contribution in [0.15, 0.2) is 60.9 Å². The number of benzene rings is 2. The average Bonchev–Trinajstić information content (AvgIpc) is 2.74. The summed E-state index contributed by atoms with van der Waals surface area (Å²) in [5, 5.41) is 3.19. The molecule has 0 spiro atoms. The van der Waals surface area contributed by atoms with E-state index in [2.05, 4.69) is 45.2 Å². The van der Waals surface area contributed by atoms with Crippen LogP contribution in [0.25, 0.3) is 0 Å². The first-order valence-corrected chi connectivity index (χ1v) is 9.71. The maximum Gasteiger partial charge on any atom is 0.242 e. The third kappa shape index (κ3) is 5.93. The Balaban J connectivity index is 1.59. The Morgan fingerprint density at radius 1 is 0.966 bits per heavy atom. The molecule has 0 aliphatic carbocycles. The van der Waals surface area contributed by atoms with Gasteiger partial charge in [0.1, 0.15) is 12.0 Å². The minimum atomic E-state index is -0.189. The number of nitrogens with two attached hydrogens (primary N) is 1. The van der Waals surface area contributed by atoms with E-state index in [-0.39, 0.29) is 12.3 Å². The topological polar surface area (TPSA) is 105 Å². The highest BCUT2D eigenvalue weighted by Gasteiger charge is 2.10. The van der Waals surface area contributed by atoms with E-state index < -0.39 is 0 Å². The summed E-state index contributed by atoms with van der Waals surface area (Å²) in [7, 11) is 0. The zero-order valence-electron chi connectivity index (χ0n) is 16.5. The maximum absolute atomic E-state index is 12.1. The van der Waals surface area contributed by atoms with E-state index in [0.717, 1.165) is 17.7 Å². The quantitative estimate of drug-likeness (QED) is 0.414. The summed E-state index contributed by atoms with van der Waals surface area (Å²) in [6, 6.07) is 17.7. The number of hydrogen-bond donors (Lipinski definition) is 4. The van der Waals surface area contributed by atoms with Crippen molar-refractivity contribution in [1.29, 1.82) is 0 Å². The van der Waals surface area contributed by atoms with E-state index >= 15 is 0 Å². The second-order valence-corrected chi connectivity index (χ2v) is 6.75. The Morgan fingerprint density at radius 3 is 2.41 bits per heavy atom. The van der Waals surface area contributed by atoms with Gasteiger partial charge in [-0.3, -0.25) is 15.6 Å². The first-order chi connectivity index (χ1) is 14.2. The second-order valence-electron chi connectivity index (χ2n) is 6.75. The van der Waals surface area contributed by atoms with Gasteiger partial charge in [0.05, 0.1) is 6.42 Å². The molecule has 5 N–H and O–H groups in total. The lowest BCUT2D eigenvalue weighted by Gasteiger charge is -2.13. The number of anilines is 4. The first kappa shape index (κ1) is 20.1. The van der Waals surface area contributed by atoms with E-state index in [4.69, 9.17) is 5.73 Å². The molecule has 0 aliphatic heterocycles. The zero-order valence-corrected chi connectivity index (χ0v) is 16.5. The fourth-order valence-electron chi connectivity index (χ4n) is 2.82. The Hall–Kier alpha value is -3.61. The summed E-state index contributed by atoms with van der Waals surface area (Å²) in [5.41, 5.74) is 15.0. The zero-order chi connectivity index (χ0) is 20.5. The van der Waals surface area contributed by atoms with Crippen molar-refractivity contribution in [2.24, 2.45) is 0 Å². The number of hydrogen-bond acceptors (Lipinski definition) is 6. The monoisotopic (exact) mass is 390 g/mol. The Kier molecular flexibility index (Phi) is 7.00. The lowest BCUT2D eigenvalue weighted by molar-refractivity contribution is -0.119. The highest BCUT2D eigenvalue weighted by Crippen LogP contribution is 2.25. The van der Waals surface area contributed by atoms with E-state index in [9.17, 15) is 4.79 Å². The van der Waals surface area contributed by atoms with Gasteiger partial charge in [-0.05, 0) is 36.1 Å². The third-order valence-electron chi connectivity index (χ3n) is 4.45. The first-order valence-electron chi connectivity index (χ1n) is 9.71. The predicted octanol–water partition coefficient (Wildman–Crippen LogP) is 3.83. The van der Waals surface area contributed by atoms with Crippen LogP contribution in [-0.4, -0.2) is 15.9 Å². The molecule has 7 nitrogen and oxygen atoms in total. The summed E-state index contributed by atoms with van der Waals surface area (Å²) in [6.45, 7) is 2.18. The van der Waals surface area contributed by atoms with Gasteiger partial charge >= 0.3 is 0 Å². The number of aryl methyl sites for hydroxylation is 1. The largest absolute Gasteiger partial charge is 0.393 e. The number of nitrogens with one attached hydrogen (secondary N) is 3. The van der Waals surface area contributed by atoms with Crippen molar-refractivity contribution in [1.82, 2.24) is 15.4 Å². The van der Waals surface area contributed by atoms with E-state index in [1.54, 1.807) is 0 Å². The average molecular weight is 390 g/mol. The normalized spacial score (nSPS) is 10.4. The van der Waals surface area contributed by atoms with E-state index in [1.807, 2.05) is 42.5 Å². The maximum atomic E-state index is 12.1. The number of carbonyl (C=O) groups excluding carboxylic acids is 1. The fraction of sp³-hybridized carbons (Fsp3) is 0.227. The van der Waals surface area contributed by atoms with Crippen molar-refractivity contribution < 1.29 is 4.79 Å². The molecule has 29 heavy (non-hydrogen) atoms. The molecule has 0 saturated heterocycles. The molecule has 1 amide bonds. The number of aromatic nitrogens is 2. The predicted molar refractivity (Wildman–Crippen MR) is 117 cm³/mol.